The molecule has 3 heterocycles. The van der Waals surface area contributed by atoms with Gasteiger partial charge >= 0.3 is 5.97 Å². The number of aliphatic hydroxyl groups is 2. The fraction of sp³-hybridized carbons (Fsp3) is 0.214. The average Bonchev–Trinajstić information content (AvgIpc) is 3.59. The maximum atomic E-state index is 13.6. The van der Waals surface area contributed by atoms with Gasteiger partial charge in [-0.3, -0.25) is 4.79 Å². The van der Waals surface area contributed by atoms with E-state index in [0.717, 1.165) is 17.5 Å². The summed E-state index contributed by atoms with van der Waals surface area (Å²) in [5.41, 5.74) is 2.95. The number of hydrogen-bond acceptors (Lipinski definition) is 6. The summed E-state index contributed by atoms with van der Waals surface area (Å²) in [4.78, 5) is 31.9. The van der Waals surface area contributed by atoms with Gasteiger partial charge in [0.25, 0.3) is 0 Å². The number of carboxylic acids is 1. The molecule has 5 rings (SSSR count). The molecule has 5 aromatic rings. The summed E-state index contributed by atoms with van der Waals surface area (Å²) in [6.07, 6.45) is 2.97. The van der Waals surface area contributed by atoms with E-state index in [0.29, 0.717) is 22.7 Å². The van der Waals surface area contributed by atoms with Crippen LogP contribution in [0.3, 0.4) is 0 Å². The molecule has 0 saturated carbocycles. The van der Waals surface area contributed by atoms with Crippen molar-refractivity contribution in [1.29, 1.82) is 0 Å². The van der Waals surface area contributed by atoms with Crippen molar-refractivity contribution in [2.75, 3.05) is 6.61 Å². The first-order valence-corrected chi connectivity index (χ1v) is 11.9. The lowest BCUT2D eigenvalue weighted by Gasteiger charge is -2.08. The first-order valence-electron chi connectivity index (χ1n) is 11.9. The molecule has 1 unspecified atom stereocenters. The molecule has 0 spiro atoms. The molecule has 2 aromatic carbocycles. The second-order valence-corrected chi connectivity index (χ2v) is 9.17. The predicted molar refractivity (Wildman–Crippen MR) is 137 cm³/mol. The number of carbonyl (C=O) groups is 2. The number of aromatic carboxylic acids is 1. The molecule has 0 bridgehead atoms. The van der Waals surface area contributed by atoms with Crippen molar-refractivity contribution in [3.05, 3.63) is 77.0 Å². The summed E-state index contributed by atoms with van der Waals surface area (Å²) in [7, 11) is 0. The Morgan fingerprint density at radius 2 is 1.76 bits per heavy atom. The largest absolute Gasteiger partial charge is 0.504 e. The molecular formula is C28H26N2O7. The molecule has 0 radical (unpaired) electrons. The number of carboxylic acid groups (broad SMARTS) is 1. The quantitative estimate of drug-likeness (QED) is 0.161. The highest BCUT2D eigenvalue weighted by atomic mass is 16.4. The van der Waals surface area contributed by atoms with E-state index in [1.165, 1.54) is 6.20 Å². The number of H-pyrrole nitrogens is 2. The first-order chi connectivity index (χ1) is 17.8. The van der Waals surface area contributed by atoms with Crippen LogP contribution in [0, 0.1) is 5.92 Å². The van der Waals surface area contributed by atoms with E-state index >= 15 is 0 Å². The van der Waals surface area contributed by atoms with Gasteiger partial charge in [-0.25, -0.2) is 4.79 Å². The number of aryl methyl sites for hydroxylation is 1. The summed E-state index contributed by atoms with van der Waals surface area (Å²) in [6.45, 7) is 1.60. The molecule has 0 aliphatic carbocycles. The number of nitrogens with one attached hydrogen (secondary N) is 2. The Bertz CT molecular complexity index is 1640. The van der Waals surface area contributed by atoms with Gasteiger partial charge in [-0.15, -0.1) is 0 Å². The van der Waals surface area contributed by atoms with Crippen LogP contribution in [0.1, 0.15) is 51.3 Å². The van der Waals surface area contributed by atoms with E-state index in [2.05, 4.69) is 9.97 Å². The summed E-state index contributed by atoms with van der Waals surface area (Å²) in [5, 5.41) is 41.5. The summed E-state index contributed by atoms with van der Waals surface area (Å²) >= 11 is 0. The van der Waals surface area contributed by atoms with Crippen molar-refractivity contribution in [3.63, 3.8) is 0 Å². The monoisotopic (exact) mass is 502 g/mol. The highest BCUT2D eigenvalue weighted by Gasteiger charge is 2.33. The number of furan rings is 1. The van der Waals surface area contributed by atoms with Gasteiger partial charge in [0.2, 0.25) is 17.3 Å². The SMILES string of the molecule is CC(CO)CCc1cccc2c(C(=O)c3oc(C(=O)O)c(-c4c(CO)[nH]c5ccccc45)c3O)c[nH]c12. The van der Waals surface area contributed by atoms with Crippen LogP contribution in [-0.4, -0.2) is 48.8 Å². The van der Waals surface area contributed by atoms with Crippen LogP contribution in [0.4, 0.5) is 0 Å². The predicted octanol–water partition coefficient (Wildman–Crippen LogP) is 4.60. The van der Waals surface area contributed by atoms with Crippen LogP contribution in [0.15, 0.2) is 53.1 Å². The molecule has 3 aromatic heterocycles. The number of aromatic amines is 2. The lowest BCUT2D eigenvalue weighted by molar-refractivity contribution is 0.0661. The Morgan fingerprint density at radius 3 is 2.49 bits per heavy atom. The van der Waals surface area contributed by atoms with Crippen LogP contribution in [-0.2, 0) is 13.0 Å². The van der Waals surface area contributed by atoms with Gasteiger partial charge in [-0.05, 0) is 30.4 Å². The lowest BCUT2D eigenvalue weighted by Crippen LogP contribution is -2.02. The Labute approximate surface area is 211 Å². The summed E-state index contributed by atoms with van der Waals surface area (Å²) in [6, 6.07) is 12.5. The van der Waals surface area contributed by atoms with Crippen LogP contribution in [0.2, 0.25) is 0 Å². The Balaban J connectivity index is 1.63. The highest BCUT2D eigenvalue weighted by Crippen LogP contribution is 2.44. The maximum absolute atomic E-state index is 13.6. The van der Waals surface area contributed by atoms with Gasteiger partial charge < -0.3 is 34.8 Å². The van der Waals surface area contributed by atoms with Crippen molar-refractivity contribution >= 4 is 33.6 Å². The number of hydrogen-bond donors (Lipinski definition) is 6. The van der Waals surface area contributed by atoms with E-state index in [-0.39, 0.29) is 34.9 Å². The molecule has 0 aliphatic heterocycles. The number of rotatable bonds is 9. The standard InChI is InChI=1S/C28H26N2O7/c1-14(12-31)9-10-15-5-4-7-16-18(11-29-23(15)16)24(33)27-25(34)22(26(37-27)28(35)36)21-17-6-2-3-8-19(17)30-20(21)13-32/h2-8,11,14,29-32,34H,9-10,12-13H2,1H3,(H,35,36). The zero-order chi connectivity index (χ0) is 26.3. The van der Waals surface area contributed by atoms with Gasteiger partial charge in [0.05, 0.1) is 17.7 Å². The minimum absolute atomic E-state index is 0.0882. The second-order valence-electron chi connectivity index (χ2n) is 9.17. The van der Waals surface area contributed by atoms with Crippen LogP contribution in [0.25, 0.3) is 32.9 Å². The first kappa shape index (κ1) is 24.4. The van der Waals surface area contributed by atoms with E-state index in [4.69, 9.17) is 4.42 Å². The summed E-state index contributed by atoms with van der Waals surface area (Å²) in [5.74, 6) is -3.71. The number of aliphatic hydroxyl groups excluding tert-OH is 2. The third-order valence-corrected chi connectivity index (χ3v) is 6.74. The third-order valence-electron chi connectivity index (χ3n) is 6.74. The minimum atomic E-state index is -1.46. The van der Waals surface area contributed by atoms with Gasteiger partial charge in [0, 0.05) is 45.9 Å². The zero-order valence-corrected chi connectivity index (χ0v) is 20.0. The number of carbonyl (C=O) groups excluding carboxylic acids is 1. The van der Waals surface area contributed by atoms with E-state index in [1.807, 2.05) is 19.1 Å². The molecule has 6 N–H and O–H groups in total. The van der Waals surface area contributed by atoms with Crippen molar-refractivity contribution < 1.29 is 34.4 Å². The van der Waals surface area contributed by atoms with E-state index < -0.39 is 35.6 Å². The van der Waals surface area contributed by atoms with Gasteiger partial charge in [0.15, 0.2) is 5.75 Å². The molecule has 0 fully saturated rings. The fourth-order valence-electron chi connectivity index (χ4n) is 4.79. The Morgan fingerprint density at radius 1 is 1.00 bits per heavy atom. The molecule has 0 amide bonds. The molecule has 1 atom stereocenters. The topological polar surface area (TPSA) is 160 Å². The number of aromatic hydroxyl groups is 1. The Kier molecular flexibility index (Phi) is 6.32. The second kappa shape index (κ2) is 9.61. The molecular weight excluding hydrogens is 476 g/mol. The molecule has 37 heavy (non-hydrogen) atoms. The molecule has 9 nitrogen and oxygen atoms in total. The average molecular weight is 503 g/mol. The van der Waals surface area contributed by atoms with Gasteiger partial charge in [-0.2, -0.15) is 0 Å². The molecule has 9 heteroatoms. The highest BCUT2D eigenvalue weighted by molar-refractivity contribution is 6.18. The fourth-order valence-corrected chi connectivity index (χ4v) is 4.79. The molecule has 0 aliphatic rings. The van der Waals surface area contributed by atoms with Crippen LogP contribution < -0.4 is 0 Å². The van der Waals surface area contributed by atoms with Gasteiger partial charge in [0.1, 0.15) is 0 Å². The zero-order valence-electron chi connectivity index (χ0n) is 20.0. The van der Waals surface area contributed by atoms with Crippen LogP contribution in [0.5, 0.6) is 5.75 Å². The number of fused-ring (bicyclic) bond motifs is 2. The smallest absolute Gasteiger partial charge is 0.372 e. The van der Waals surface area contributed by atoms with Crippen molar-refractivity contribution in [2.24, 2.45) is 5.92 Å². The number of aromatic nitrogens is 2. The Hall–Kier alpha value is -4.34. The van der Waals surface area contributed by atoms with Crippen LogP contribution >= 0.6 is 0 Å². The normalized spacial score (nSPS) is 12.4. The molecule has 0 saturated heterocycles. The number of benzene rings is 2. The van der Waals surface area contributed by atoms with E-state index in [9.17, 15) is 30.0 Å². The number of ketones is 1. The number of para-hydroxylation sites is 2. The van der Waals surface area contributed by atoms with Gasteiger partial charge in [-0.1, -0.05) is 43.3 Å². The maximum Gasteiger partial charge on any atom is 0.372 e. The molecule has 190 valence electrons. The van der Waals surface area contributed by atoms with Crippen molar-refractivity contribution in [2.45, 2.75) is 26.4 Å². The van der Waals surface area contributed by atoms with Crippen molar-refractivity contribution in [1.82, 2.24) is 9.97 Å². The third kappa shape index (κ3) is 4.08. The summed E-state index contributed by atoms with van der Waals surface area (Å²) < 4.78 is 5.50. The lowest BCUT2D eigenvalue weighted by atomic mass is 9.98. The van der Waals surface area contributed by atoms with E-state index in [1.54, 1.807) is 30.3 Å². The van der Waals surface area contributed by atoms with Crippen molar-refractivity contribution in [3.8, 4) is 16.9 Å². The minimum Gasteiger partial charge on any atom is -0.504 e.